The molecule has 0 aliphatic heterocycles. The van der Waals surface area contributed by atoms with E-state index in [1.165, 1.54) is 13.2 Å². The number of aryl methyl sites for hydroxylation is 1. The van der Waals surface area contributed by atoms with E-state index < -0.39 is 11.8 Å². The molecule has 0 atom stereocenters. The largest absolute Gasteiger partial charge is 0.493 e. The molecule has 2 aromatic rings. The average molecular weight is 295 g/mol. The third-order valence-electron chi connectivity index (χ3n) is 2.69. The number of esters is 1. The fraction of sp³-hybridized carbons (Fsp3) is 0.133. The van der Waals surface area contributed by atoms with Gasteiger partial charge >= 0.3 is 5.97 Å². The SMILES string of the molecule is COc1cccc(C)c1OC(=O)c1cc(F)cc(Cl)c1. The summed E-state index contributed by atoms with van der Waals surface area (Å²) < 4.78 is 23.6. The number of ether oxygens (including phenoxy) is 2. The molecule has 0 fully saturated rings. The fourth-order valence-corrected chi connectivity index (χ4v) is 1.96. The summed E-state index contributed by atoms with van der Waals surface area (Å²) in [5.41, 5.74) is 0.778. The van der Waals surface area contributed by atoms with Gasteiger partial charge in [0.25, 0.3) is 0 Å². The van der Waals surface area contributed by atoms with Crippen molar-refractivity contribution in [2.75, 3.05) is 7.11 Å². The lowest BCUT2D eigenvalue weighted by Crippen LogP contribution is -2.10. The zero-order valence-corrected chi connectivity index (χ0v) is 11.7. The van der Waals surface area contributed by atoms with Gasteiger partial charge in [-0.2, -0.15) is 0 Å². The summed E-state index contributed by atoms with van der Waals surface area (Å²) in [6.45, 7) is 1.78. The summed E-state index contributed by atoms with van der Waals surface area (Å²) in [6.07, 6.45) is 0. The van der Waals surface area contributed by atoms with Crippen molar-refractivity contribution in [3.05, 3.63) is 58.4 Å². The highest BCUT2D eigenvalue weighted by molar-refractivity contribution is 6.30. The molecule has 0 bridgehead atoms. The monoisotopic (exact) mass is 294 g/mol. The Morgan fingerprint density at radius 3 is 2.65 bits per heavy atom. The van der Waals surface area contributed by atoms with Gasteiger partial charge in [-0.05, 0) is 36.8 Å². The quantitative estimate of drug-likeness (QED) is 0.633. The van der Waals surface area contributed by atoms with Gasteiger partial charge in [0.2, 0.25) is 0 Å². The van der Waals surface area contributed by atoms with Gasteiger partial charge in [-0.25, -0.2) is 9.18 Å². The molecular formula is C15H12ClFO3. The van der Waals surface area contributed by atoms with E-state index in [0.29, 0.717) is 11.5 Å². The van der Waals surface area contributed by atoms with E-state index in [2.05, 4.69) is 0 Å². The summed E-state index contributed by atoms with van der Waals surface area (Å²) in [5, 5.41) is 0.133. The maximum Gasteiger partial charge on any atom is 0.343 e. The van der Waals surface area contributed by atoms with Crippen LogP contribution in [0.1, 0.15) is 15.9 Å². The Morgan fingerprint density at radius 2 is 2.00 bits per heavy atom. The van der Waals surface area contributed by atoms with E-state index >= 15 is 0 Å². The Morgan fingerprint density at radius 1 is 1.25 bits per heavy atom. The molecule has 0 aromatic heterocycles. The zero-order chi connectivity index (χ0) is 14.7. The first-order chi connectivity index (χ1) is 9.51. The highest BCUT2D eigenvalue weighted by Gasteiger charge is 2.15. The first kappa shape index (κ1) is 14.3. The Kier molecular flexibility index (Phi) is 4.25. The summed E-state index contributed by atoms with van der Waals surface area (Å²) in [4.78, 5) is 12.0. The molecule has 104 valence electrons. The highest BCUT2D eigenvalue weighted by atomic mass is 35.5. The molecule has 5 heteroatoms. The fourth-order valence-electron chi connectivity index (χ4n) is 1.74. The molecule has 20 heavy (non-hydrogen) atoms. The minimum absolute atomic E-state index is 0.0420. The van der Waals surface area contributed by atoms with Crippen molar-refractivity contribution in [3.8, 4) is 11.5 Å². The number of rotatable bonds is 3. The van der Waals surface area contributed by atoms with E-state index in [-0.39, 0.29) is 10.6 Å². The third-order valence-corrected chi connectivity index (χ3v) is 2.91. The van der Waals surface area contributed by atoms with Crippen LogP contribution in [0.2, 0.25) is 5.02 Å². The molecule has 0 unspecified atom stereocenters. The second-order valence-electron chi connectivity index (χ2n) is 4.15. The molecule has 0 aliphatic carbocycles. The van der Waals surface area contributed by atoms with Crippen LogP contribution in [0.15, 0.2) is 36.4 Å². The Hall–Kier alpha value is -2.07. The maximum absolute atomic E-state index is 13.2. The lowest BCUT2D eigenvalue weighted by atomic mass is 10.2. The number of hydrogen-bond donors (Lipinski definition) is 0. The molecule has 0 saturated heterocycles. The van der Waals surface area contributed by atoms with Crippen LogP contribution < -0.4 is 9.47 Å². The van der Waals surface area contributed by atoms with Gasteiger partial charge in [-0.15, -0.1) is 0 Å². The number of carbonyl (C=O) groups is 1. The number of halogens is 2. The Bertz CT molecular complexity index is 635. The molecule has 0 saturated carbocycles. The predicted octanol–water partition coefficient (Wildman–Crippen LogP) is 4.02. The van der Waals surface area contributed by atoms with Gasteiger partial charge in [0.1, 0.15) is 5.82 Å². The Balaban J connectivity index is 2.32. The number of methoxy groups -OCH3 is 1. The van der Waals surface area contributed by atoms with Crippen molar-refractivity contribution < 1.29 is 18.7 Å². The van der Waals surface area contributed by atoms with Crippen LogP contribution in [0.25, 0.3) is 0 Å². The van der Waals surface area contributed by atoms with Crippen molar-refractivity contribution in [2.45, 2.75) is 6.92 Å². The lowest BCUT2D eigenvalue weighted by molar-refractivity contribution is 0.0728. The topological polar surface area (TPSA) is 35.5 Å². The van der Waals surface area contributed by atoms with Crippen molar-refractivity contribution >= 4 is 17.6 Å². The molecule has 0 amide bonds. The Labute approximate surface area is 120 Å². The molecule has 0 N–H and O–H groups in total. The highest BCUT2D eigenvalue weighted by Crippen LogP contribution is 2.31. The number of para-hydroxylation sites is 1. The van der Waals surface area contributed by atoms with Crippen LogP contribution in [-0.4, -0.2) is 13.1 Å². The molecule has 2 aromatic carbocycles. The summed E-state index contributed by atoms with van der Waals surface area (Å²) in [7, 11) is 1.48. The van der Waals surface area contributed by atoms with Crippen molar-refractivity contribution in [2.24, 2.45) is 0 Å². The minimum atomic E-state index is -0.695. The predicted molar refractivity (Wildman–Crippen MR) is 74.1 cm³/mol. The van der Waals surface area contributed by atoms with Crippen molar-refractivity contribution in [1.82, 2.24) is 0 Å². The maximum atomic E-state index is 13.2. The first-order valence-corrected chi connectivity index (χ1v) is 6.21. The smallest absolute Gasteiger partial charge is 0.343 e. The van der Waals surface area contributed by atoms with Gasteiger partial charge in [0.15, 0.2) is 11.5 Å². The zero-order valence-electron chi connectivity index (χ0n) is 10.9. The van der Waals surface area contributed by atoms with Crippen molar-refractivity contribution in [3.63, 3.8) is 0 Å². The average Bonchev–Trinajstić information content (AvgIpc) is 2.39. The van der Waals surface area contributed by atoms with E-state index in [1.54, 1.807) is 25.1 Å². The van der Waals surface area contributed by atoms with E-state index in [0.717, 1.165) is 17.7 Å². The number of benzene rings is 2. The van der Waals surface area contributed by atoms with Crippen LogP contribution >= 0.6 is 11.6 Å². The summed E-state index contributed by atoms with van der Waals surface area (Å²) in [5.74, 6) is -0.554. The van der Waals surface area contributed by atoms with E-state index in [4.69, 9.17) is 21.1 Å². The van der Waals surface area contributed by atoms with Crippen LogP contribution in [0.5, 0.6) is 11.5 Å². The minimum Gasteiger partial charge on any atom is -0.493 e. The second kappa shape index (κ2) is 5.92. The molecular weight excluding hydrogens is 283 g/mol. The van der Waals surface area contributed by atoms with Crippen LogP contribution in [-0.2, 0) is 0 Å². The number of hydrogen-bond acceptors (Lipinski definition) is 3. The normalized spacial score (nSPS) is 10.2. The van der Waals surface area contributed by atoms with Gasteiger partial charge < -0.3 is 9.47 Å². The van der Waals surface area contributed by atoms with E-state index in [9.17, 15) is 9.18 Å². The van der Waals surface area contributed by atoms with Crippen LogP contribution in [0, 0.1) is 12.7 Å². The molecule has 0 heterocycles. The standard InChI is InChI=1S/C15H12ClFO3/c1-9-4-3-5-13(19-2)14(9)20-15(18)10-6-11(16)8-12(17)7-10/h3-8H,1-2H3. The van der Waals surface area contributed by atoms with Crippen LogP contribution in [0.4, 0.5) is 4.39 Å². The number of carbonyl (C=O) groups excluding carboxylic acids is 1. The summed E-state index contributed by atoms with van der Waals surface area (Å²) >= 11 is 5.71. The van der Waals surface area contributed by atoms with E-state index in [1.807, 2.05) is 0 Å². The first-order valence-electron chi connectivity index (χ1n) is 5.83. The molecule has 0 spiro atoms. The van der Waals surface area contributed by atoms with Gasteiger partial charge in [-0.3, -0.25) is 0 Å². The third kappa shape index (κ3) is 3.08. The molecule has 0 radical (unpaired) electrons. The van der Waals surface area contributed by atoms with Crippen LogP contribution in [0.3, 0.4) is 0 Å². The molecule has 2 rings (SSSR count). The van der Waals surface area contributed by atoms with Gasteiger partial charge in [0, 0.05) is 5.02 Å². The van der Waals surface area contributed by atoms with Crippen molar-refractivity contribution in [1.29, 1.82) is 0 Å². The molecule has 0 aliphatic rings. The molecule has 3 nitrogen and oxygen atoms in total. The van der Waals surface area contributed by atoms with Gasteiger partial charge in [0.05, 0.1) is 12.7 Å². The van der Waals surface area contributed by atoms with Gasteiger partial charge in [-0.1, -0.05) is 23.7 Å². The lowest BCUT2D eigenvalue weighted by Gasteiger charge is -2.11. The summed E-state index contributed by atoms with van der Waals surface area (Å²) in [6, 6.07) is 8.77. The second-order valence-corrected chi connectivity index (χ2v) is 4.59.